The molecule has 3 aromatic carbocycles. The van der Waals surface area contributed by atoms with Gasteiger partial charge in [0.15, 0.2) is 11.5 Å². The van der Waals surface area contributed by atoms with Crippen molar-refractivity contribution in [2.75, 3.05) is 26.6 Å². The highest BCUT2D eigenvalue weighted by Gasteiger charge is 2.19. The molecule has 5 nitrogen and oxygen atoms in total. The third-order valence-corrected chi connectivity index (χ3v) is 5.17. The Hall–Kier alpha value is -3.47. The summed E-state index contributed by atoms with van der Waals surface area (Å²) in [5.74, 6) is 1.47. The molecule has 0 saturated carbocycles. The maximum atomic E-state index is 12.7. The van der Waals surface area contributed by atoms with E-state index in [1.165, 1.54) is 22.3 Å². The summed E-state index contributed by atoms with van der Waals surface area (Å²) < 4.78 is 16.1. The molecule has 5 heteroatoms. The van der Waals surface area contributed by atoms with Crippen LogP contribution in [0.5, 0.6) is 17.2 Å². The van der Waals surface area contributed by atoms with Gasteiger partial charge in [-0.15, -0.1) is 0 Å². The van der Waals surface area contributed by atoms with Crippen molar-refractivity contribution in [3.63, 3.8) is 0 Å². The van der Waals surface area contributed by atoms with Crippen LogP contribution < -0.4 is 19.5 Å². The van der Waals surface area contributed by atoms with E-state index in [-0.39, 0.29) is 12.3 Å². The molecule has 0 aromatic heterocycles. The SMILES string of the molecule is COc1cc(CC(=O)Nc2ccc3c(c2)-c2ccccc2C3)cc(OC)c1OC. The number of anilines is 1. The normalized spacial score (nSPS) is 11.4. The van der Waals surface area contributed by atoms with Crippen molar-refractivity contribution in [2.24, 2.45) is 0 Å². The van der Waals surface area contributed by atoms with Crippen LogP contribution in [0.2, 0.25) is 0 Å². The lowest BCUT2D eigenvalue weighted by Crippen LogP contribution is -2.14. The minimum Gasteiger partial charge on any atom is -0.493 e. The van der Waals surface area contributed by atoms with E-state index in [0.29, 0.717) is 17.2 Å². The molecule has 0 radical (unpaired) electrons. The van der Waals surface area contributed by atoms with Crippen molar-refractivity contribution in [1.82, 2.24) is 0 Å². The Morgan fingerprint density at radius 1 is 0.862 bits per heavy atom. The maximum absolute atomic E-state index is 12.7. The number of methoxy groups -OCH3 is 3. The average molecular weight is 389 g/mol. The van der Waals surface area contributed by atoms with Gasteiger partial charge in [-0.25, -0.2) is 0 Å². The van der Waals surface area contributed by atoms with E-state index in [1.807, 2.05) is 18.2 Å². The summed E-state index contributed by atoms with van der Waals surface area (Å²) in [7, 11) is 4.67. The number of nitrogens with one attached hydrogen (secondary N) is 1. The molecule has 1 aliphatic carbocycles. The monoisotopic (exact) mass is 389 g/mol. The highest BCUT2D eigenvalue weighted by Crippen LogP contribution is 2.39. The van der Waals surface area contributed by atoms with Gasteiger partial charge in [-0.3, -0.25) is 4.79 Å². The molecule has 0 saturated heterocycles. The average Bonchev–Trinajstić information content (AvgIpc) is 3.11. The fourth-order valence-electron chi connectivity index (χ4n) is 3.83. The smallest absolute Gasteiger partial charge is 0.228 e. The van der Waals surface area contributed by atoms with E-state index < -0.39 is 0 Å². The third-order valence-electron chi connectivity index (χ3n) is 5.17. The van der Waals surface area contributed by atoms with Crippen molar-refractivity contribution < 1.29 is 19.0 Å². The Balaban J connectivity index is 1.53. The number of hydrogen-bond donors (Lipinski definition) is 1. The summed E-state index contributed by atoms with van der Waals surface area (Å²) in [6.45, 7) is 0. The van der Waals surface area contributed by atoms with E-state index in [0.717, 1.165) is 17.7 Å². The Morgan fingerprint density at radius 3 is 2.24 bits per heavy atom. The molecule has 1 aliphatic rings. The van der Waals surface area contributed by atoms with Crippen LogP contribution in [0, 0.1) is 0 Å². The van der Waals surface area contributed by atoms with Gasteiger partial charge in [0, 0.05) is 5.69 Å². The second-order valence-corrected chi connectivity index (χ2v) is 6.96. The van der Waals surface area contributed by atoms with Crippen LogP contribution in [0.25, 0.3) is 11.1 Å². The molecular weight excluding hydrogens is 366 g/mol. The molecule has 0 bridgehead atoms. The lowest BCUT2D eigenvalue weighted by molar-refractivity contribution is -0.115. The summed E-state index contributed by atoms with van der Waals surface area (Å²) >= 11 is 0. The third kappa shape index (κ3) is 3.63. The van der Waals surface area contributed by atoms with Crippen LogP contribution in [0.4, 0.5) is 5.69 Å². The summed E-state index contributed by atoms with van der Waals surface area (Å²) in [5, 5.41) is 3.00. The van der Waals surface area contributed by atoms with Crippen LogP contribution in [-0.2, 0) is 17.6 Å². The predicted molar refractivity (Wildman–Crippen MR) is 113 cm³/mol. The number of amides is 1. The number of fused-ring (bicyclic) bond motifs is 3. The molecule has 148 valence electrons. The van der Waals surface area contributed by atoms with E-state index in [4.69, 9.17) is 14.2 Å². The molecule has 0 unspecified atom stereocenters. The van der Waals surface area contributed by atoms with Gasteiger partial charge in [0.2, 0.25) is 11.7 Å². The molecule has 0 aliphatic heterocycles. The van der Waals surface area contributed by atoms with Gasteiger partial charge in [-0.2, -0.15) is 0 Å². The number of rotatable bonds is 6. The van der Waals surface area contributed by atoms with E-state index >= 15 is 0 Å². The topological polar surface area (TPSA) is 56.8 Å². The number of ether oxygens (including phenoxy) is 3. The Morgan fingerprint density at radius 2 is 1.55 bits per heavy atom. The predicted octanol–water partition coefficient (Wildman–Crippen LogP) is 4.46. The summed E-state index contributed by atoms with van der Waals surface area (Å²) in [6.07, 6.45) is 1.13. The zero-order valence-electron chi connectivity index (χ0n) is 16.7. The molecule has 1 N–H and O–H groups in total. The molecular formula is C24H23NO4. The summed E-state index contributed by atoms with van der Waals surface area (Å²) in [4.78, 5) is 12.7. The molecule has 3 aromatic rings. The minimum absolute atomic E-state index is 0.106. The van der Waals surface area contributed by atoms with Gasteiger partial charge in [-0.1, -0.05) is 30.3 Å². The zero-order chi connectivity index (χ0) is 20.4. The van der Waals surface area contributed by atoms with Crippen LogP contribution in [0.15, 0.2) is 54.6 Å². The van der Waals surface area contributed by atoms with Crippen molar-refractivity contribution in [1.29, 1.82) is 0 Å². The van der Waals surface area contributed by atoms with Crippen LogP contribution in [0.1, 0.15) is 16.7 Å². The first-order valence-corrected chi connectivity index (χ1v) is 9.43. The van der Waals surface area contributed by atoms with Gasteiger partial charge in [-0.05, 0) is 58.5 Å². The number of hydrogen-bond acceptors (Lipinski definition) is 4. The second kappa shape index (κ2) is 7.87. The largest absolute Gasteiger partial charge is 0.493 e. The summed E-state index contributed by atoms with van der Waals surface area (Å²) in [6, 6.07) is 18.1. The quantitative estimate of drug-likeness (QED) is 0.529. The van der Waals surface area contributed by atoms with E-state index in [9.17, 15) is 4.79 Å². The lowest BCUT2D eigenvalue weighted by atomic mass is 10.0. The minimum atomic E-state index is -0.106. The van der Waals surface area contributed by atoms with E-state index in [1.54, 1.807) is 33.5 Å². The van der Waals surface area contributed by atoms with Gasteiger partial charge in [0.25, 0.3) is 0 Å². The Labute approximate surface area is 170 Å². The highest BCUT2D eigenvalue weighted by molar-refractivity contribution is 5.94. The van der Waals surface area contributed by atoms with Gasteiger partial charge in [0.1, 0.15) is 0 Å². The Bertz CT molecular complexity index is 1050. The summed E-state index contributed by atoms with van der Waals surface area (Å²) in [5.41, 5.74) is 6.60. The van der Waals surface area contributed by atoms with E-state index in [2.05, 4.69) is 29.6 Å². The second-order valence-electron chi connectivity index (χ2n) is 6.96. The molecule has 0 spiro atoms. The number of carbonyl (C=O) groups is 1. The maximum Gasteiger partial charge on any atom is 0.228 e. The molecule has 0 fully saturated rings. The number of benzene rings is 3. The lowest BCUT2D eigenvalue weighted by Gasteiger charge is -2.14. The molecule has 0 heterocycles. The van der Waals surface area contributed by atoms with Crippen LogP contribution >= 0.6 is 0 Å². The Kier molecular flexibility index (Phi) is 5.12. The number of carbonyl (C=O) groups excluding carboxylic acids is 1. The zero-order valence-corrected chi connectivity index (χ0v) is 16.7. The first kappa shape index (κ1) is 18.9. The van der Waals surface area contributed by atoms with Gasteiger partial charge >= 0.3 is 0 Å². The first-order valence-electron chi connectivity index (χ1n) is 9.43. The fraction of sp³-hybridized carbons (Fsp3) is 0.208. The first-order chi connectivity index (χ1) is 14.1. The van der Waals surface area contributed by atoms with Crippen LogP contribution in [0.3, 0.4) is 0 Å². The van der Waals surface area contributed by atoms with Gasteiger partial charge < -0.3 is 19.5 Å². The molecule has 4 rings (SSSR count). The van der Waals surface area contributed by atoms with Crippen molar-refractivity contribution >= 4 is 11.6 Å². The van der Waals surface area contributed by atoms with Crippen molar-refractivity contribution in [3.8, 4) is 28.4 Å². The molecule has 29 heavy (non-hydrogen) atoms. The highest BCUT2D eigenvalue weighted by atomic mass is 16.5. The van der Waals surface area contributed by atoms with Crippen molar-refractivity contribution in [2.45, 2.75) is 12.8 Å². The molecule has 0 atom stereocenters. The molecule has 1 amide bonds. The standard InChI is InChI=1S/C24H23NO4/c1-27-21-10-15(11-22(28-2)24(21)29-3)12-23(26)25-18-9-8-17-13-16-6-4-5-7-19(16)20(17)14-18/h4-11,14H,12-13H2,1-3H3,(H,25,26). The van der Waals surface area contributed by atoms with Gasteiger partial charge in [0.05, 0.1) is 27.8 Å². The van der Waals surface area contributed by atoms with Crippen molar-refractivity contribution in [3.05, 3.63) is 71.3 Å². The van der Waals surface area contributed by atoms with Crippen LogP contribution in [-0.4, -0.2) is 27.2 Å². The fourth-order valence-corrected chi connectivity index (χ4v) is 3.83.